The summed E-state index contributed by atoms with van der Waals surface area (Å²) in [6, 6.07) is 7.88. The molecule has 25 heavy (non-hydrogen) atoms. The topological polar surface area (TPSA) is 97.6 Å². The first kappa shape index (κ1) is 15.7. The van der Waals surface area contributed by atoms with Crippen molar-refractivity contribution in [3.8, 4) is 0 Å². The number of nitrogens with one attached hydrogen (secondary N) is 3. The van der Waals surface area contributed by atoms with E-state index in [-0.39, 0.29) is 17.6 Å². The number of amides is 1. The van der Waals surface area contributed by atoms with Crippen molar-refractivity contribution in [2.24, 2.45) is 0 Å². The molecule has 0 saturated carbocycles. The normalized spacial score (nSPS) is 18.0. The summed E-state index contributed by atoms with van der Waals surface area (Å²) in [5.41, 5.74) is 2.78. The van der Waals surface area contributed by atoms with Gasteiger partial charge in [-0.2, -0.15) is 5.10 Å². The molecule has 0 radical (unpaired) electrons. The van der Waals surface area contributed by atoms with Gasteiger partial charge in [0.15, 0.2) is 5.82 Å². The molecule has 1 atom stereocenters. The van der Waals surface area contributed by atoms with E-state index < -0.39 is 0 Å². The van der Waals surface area contributed by atoms with Gasteiger partial charge in [0.1, 0.15) is 0 Å². The van der Waals surface area contributed by atoms with Crippen LogP contribution < -0.4 is 5.69 Å². The molecule has 1 aliphatic rings. The standard InChI is InChI=1S/C18H21N5O2/c1-11-13(12-6-2-3-7-14(12)19-11)10-16(24)23-9-5-4-8-15(23)17-20-18(25)22-21-17/h2-3,6-7,15,19H,4-5,8-10H2,1H3,(H2,20,21,22,25). The summed E-state index contributed by atoms with van der Waals surface area (Å²) in [5, 5.41) is 7.54. The average Bonchev–Trinajstić information content (AvgIpc) is 3.19. The van der Waals surface area contributed by atoms with Crippen LogP contribution in [0.3, 0.4) is 0 Å². The van der Waals surface area contributed by atoms with E-state index in [0.29, 0.717) is 18.8 Å². The number of nitrogens with zero attached hydrogens (tertiary/aromatic N) is 2. The summed E-state index contributed by atoms with van der Waals surface area (Å²) in [4.78, 5) is 32.3. The summed E-state index contributed by atoms with van der Waals surface area (Å²) in [6.07, 6.45) is 3.17. The van der Waals surface area contributed by atoms with Gasteiger partial charge in [0, 0.05) is 23.1 Å². The van der Waals surface area contributed by atoms with Crippen molar-refractivity contribution in [2.45, 2.75) is 38.6 Å². The third-order valence-electron chi connectivity index (χ3n) is 5.01. The van der Waals surface area contributed by atoms with Crippen LogP contribution in [0.1, 0.15) is 42.4 Å². The van der Waals surface area contributed by atoms with Gasteiger partial charge in [-0.1, -0.05) is 18.2 Å². The Morgan fingerprint density at radius 1 is 1.28 bits per heavy atom. The molecule has 3 N–H and O–H groups in total. The first-order valence-electron chi connectivity index (χ1n) is 8.63. The summed E-state index contributed by atoms with van der Waals surface area (Å²) < 4.78 is 0. The second-order valence-electron chi connectivity index (χ2n) is 6.61. The zero-order valence-electron chi connectivity index (χ0n) is 14.1. The van der Waals surface area contributed by atoms with E-state index in [1.165, 1.54) is 0 Å². The van der Waals surface area contributed by atoms with Gasteiger partial charge in [0.25, 0.3) is 0 Å². The van der Waals surface area contributed by atoms with E-state index in [1.807, 2.05) is 36.1 Å². The number of para-hydroxylation sites is 1. The van der Waals surface area contributed by atoms with Gasteiger partial charge >= 0.3 is 5.69 Å². The van der Waals surface area contributed by atoms with E-state index >= 15 is 0 Å². The highest BCUT2D eigenvalue weighted by atomic mass is 16.2. The molecule has 1 saturated heterocycles. The molecule has 7 nitrogen and oxygen atoms in total. The van der Waals surface area contributed by atoms with Crippen molar-refractivity contribution < 1.29 is 4.79 Å². The molecule has 0 aliphatic carbocycles. The molecular formula is C18H21N5O2. The largest absolute Gasteiger partial charge is 0.358 e. The Kier molecular flexibility index (Phi) is 3.91. The fourth-order valence-electron chi connectivity index (χ4n) is 3.77. The number of likely N-dealkylation sites (tertiary alicyclic amines) is 1. The molecule has 1 aliphatic heterocycles. The van der Waals surface area contributed by atoms with Gasteiger partial charge in [-0.3, -0.25) is 9.78 Å². The smallest absolute Gasteiger partial charge is 0.340 e. The van der Waals surface area contributed by atoms with E-state index in [0.717, 1.165) is 41.4 Å². The van der Waals surface area contributed by atoms with E-state index in [4.69, 9.17) is 0 Å². The second-order valence-corrected chi connectivity index (χ2v) is 6.61. The molecule has 2 aromatic heterocycles. The first-order chi connectivity index (χ1) is 12.1. The fraction of sp³-hybridized carbons (Fsp3) is 0.389. The minimum atomic E-state index is -0.333. The number of piperidine rings is 1. The Morgan fingerprint density at radius 2 is 2.12 bits per heavy atom. The highest BCUT2D eigenvalue weighted by Gasteiger charge is 2.30. The fourth-order valence-corrected chi connectivity index (χ4v) is 3.77. The minimum Gasteiger partial charge on any atom is -0.358 e. The van der Waals surface area contributed by atoms with Crippen molar-refractivity contribution in [3.63, 3.8) is 0 Å². The monoisotopic (exact) mass is 339 g/mol. The zero-order chi connectivity index (χ0) is 17.4. The van der Waals surface area contributed by atoms with Crippen molar-refractivity contribution in [2.75, 3.05) is 6.54 Å². The maximum Gasteiger partial charge on any atom is 0.340 e. The molecule has 1 fully saturated rings. The molecule has 1 amide bonds. The first-order valence-corrected chi connectivity index (χ1v) is 8.63. The summed E-state index contributed by atoms with van der Waals surface area (Å²) in [6.45, 7) is 2.70. The number of H-pyrrole nitrogens is 3. The van der Waals surface area contributed by atoms with Crippen LogP contribution in [0.15, 0.2) is 29.1 Å². The highest BCUT2D eigenvalue weighted by molar-refractivity contribution is 5.90. The van der Waals surface area contributed by atoms with Gasteiger partial charge < -0.3 is 9.88 Å². The van der Waals surface area contributed by atoms with Crippen LogP contribution in [0.4, 0.5) is 0 Å². The predicted molar refractivity (Wildman–Crippen MR) is 94.3 cm³/mol. The number of carbonyl (C=O) groups is 1. The van der Waals surface area contributed by atoms with Gasteiger partial charge in [0.2, 0.25) is 5.91 Å². The molecule has 0 bridgehead atoms. The van der Waals surface area contributed by atoms with Gasteiger partial charge in [0.05, 0.1) is 12.5 Å². The molecule has 130 valence electrons. The number of hydrogen-bond donors (Lipinski definition) is 3. The van der Waals surface area contributed by atoms with Crippen molar-refractivity contribution in [1.29, 1.82) is 0 Å². The Labute approximate surface area is 144 Å². The van der Waals surface area contributed by atoms with Crippen LogP contribution in [0.25, 0.3) is 10.9 Å². The lowest BCUT2D eigenvalue weighted by Crippen LogP contribution is -2.40. The highest BCUT2D eigenvalue weighted by Crippen LogP contribution is 2.30. The van der Waals surface area contributed by atoms with Crippen LogP contribution in [0.2, 0.25) is 0 Å². The summed E-state index contributed by atoms with van der Waals surface area (Å²) >= 11 is 0. The van der Waals surface area contributed by atoms with E-state index in [1.54, 1.807) is 0 Å². The lowest BCUT2D eigenvalue weighted by molar-refractivity contribution is -0.134. The molecule has 1 aromatic carbocycles. The zero-order valence-corrected chi connectivity index (χ0v) is 14.1. The SMILES string of the molecule is Cc1[nH]c2ccccc2c1CC(=O)N1CCCCC1c1n[nH]c(=O)[nH]1. The number of benzene rings is 1. The number of hydrogen-bond acceptors (Lipinski definition) is 3. The number of fused-ring (bicyclic) bond motifs is 1. The lowest BCUT2D eigenvalue weighted by atomic mass is 9.99. The number of aryl methyl sites for hydroxylation is 1. The Bertz CT molecular complexity index is 967. The van der Waals surface area contributed by atoms with E-state index in [2.05, 4.69) is 20.2 Å². The van der Waals surface area contributed by atoms with Crippen LogP contribution in [0.5, 0.6) is 0 Å². The molecule has 3 aromatic rings. The quantitative estimate of drug-likeness (QED) is 0.682. The number of carbonyl (C=O) groups excluding carboxylic acids is 1. The van der Waals surface area contributed by atoms with Gasteiger partial charge in [-0.15, -0.1) is 0 Å². The Morgan fingerprint density at radius 3 is 2.92 bits per heavy atom. The van der Waals surface area contributed by atoms with Crippen molar-refractivity contribution in [3.05, 3.63) is 51.8 Å². The lowest BCUT2D eigenvalue weighted by Gasteiger charge is -2.34. The molecule has 3 heterocycles. The van der Waals surface area contributed by atoms with Crippen LogP contribution >= 0.6 is 0 Å². The summed E-state index contributed by atoms with van der Waals surface area (Å²) in [7, 11) is 0. The maximum absolute atomic E-state index is 13.0. The molecule has 4 rings (SSSR count). The molecule has 7 heteroatoms. The molecule has 0 spiro atoms. The second kappa shape index (κ2) is 6.23. The Hall–Kier alpha value is -2.83. The van der Waals surface area contributed by atoms with Crippen LogP contribution in [0, 0.1) is 6.92 Å². The van der Waals surface area contributed by atoms with Crippen molar-refractivity contribution >= 4 is 16.8 Å². The predicted octanol–water partition coefficient (Wildman–Crippen LogP) is 2.18. The van der Waals surface area contributed by atoms with Crippen LogP contribution in [-0.2, 0) is 11.2 Å². The van der Waals surface area contributed by atoms with Gasteiger partial charge in [-0.05, 0) is 37.8 Å². The number of aromatic amines is 3. The maximum atomic E-state index is 13.0. The molecule has 1 unspecified atom stereocenters. The average molecular weight is 339 g/mol. The van der Waals surface area contributed by atoms with Crippen LogP contribution in [-0.4, -0.2) is 37.5 Å². The Balaban J connectivity index is 1.62. The molecular weight excluding hydrogens is 318 g/mol. The number of aromatic nitrogens is 4. The van der Waals surface area contributed by atoms with Crippen molar-refractivity contribution in [1.82, 2.24) is 25.1 Å². The third-order valence-corrected chi connectivity index (χ3v) is 5.01. The van der Waals surface area contributed by atoms with Gasteiger partial charge in [-0.25, -0.2) is 9.89 Å². The number of rotatable bonds is 3. The minimum absolute atomic E-state index is 0.0707. The third kappa shape index (κ3) is 2.86. The van der Waals surface area contributed by atoms with E-state index in [9.17, 15) is 9.59 Å². The summed E-state index contributed by atoms with van der Waals surface area (Å²) in [5.74, 6) is 0.620.